The molecule has 72 valence electrons. The number of halogens is 2. The molecule has 1 heterocycles. The van der Waals surface area contributed by atoms with Gasteiger partial charge in [-0.15, -0.1) is 0 Å². The second kappa shape index (κ2) is 3.97. The summed E-state index contributed by atoms with van der Waals surface area (Å²) in [5.74, 6) is -1.89. The third kappa shape index (κ3) is 2.50. The van der Waals surface area contributed by atoms with Gasteiger partial charge in [0.05, 0.1) is 0 Å². The summed E-state index contributed by atoms with van der Waals surface area (Å²) >= 11 is 0. The van der Waals surface area contributed by atoms with Crippen molar-refractivity contribution < 1.29 is 18.4 Å². The third-order valence-corrected chi connectivity index (χ3v) is 1.47. The Morgan fingerprint density at radius 2 is 2.00 bits per heavy atom. The van der Waals surface area contributed by atoms with E-state index in [1.54, 1.807) is 0 Å². The summed E-state index contributed by atoms with van der Waals surface area (Å²) in [6.07, 6.45) is -2.44. The smallest absolute Gasteiger partial charge is 0.299 e. The van der Waals surface area contributed by atoms with Crippen LogP contribution >= 0.6 is 0 Å². The Morgan fingerprint density at radius 3 is 2.54 bits per heavy atom. The maximum absolute atomic E-state index is 11.8. The number of alkyl halides is 2. The molecule has 0 aliphatic carbocycles. The van der Waals surface area contributed by atoms with Crippen molar-refractivity contribution in [2.45, 2.75) is 6.43 Å². The molecule has 13 heavy (non-hydrogen) atoms. The van der Waals surface area contributed by atoms with Crippen LogP contribution in [0.25, 0.3) is 0 Å². The fourth-order valence-electron chi connectivity index (χ4n) is 0.871. The van der Waals surface area contributed by atoms with Gasteiger partial charge in [0, 0.05) is 19.2 Å². The van der Waals surface area contributed by atoms with E-state index in [-0.39, 0.29) is 5.70 Å². The minimum atomic E-state index is -3.07. The molecule has 0 radical (unpaired) electrons. The molecule has 1 rings (SSSR count). The molecule has 6 heteroatoms. The first kappa shape index (κ1) is 9.63. The molecule has 0 saturated carbocycles. The van der Waals surface area contributed by atoms with Crippen LogP contribution in [0.4, 0.5) is 8.78 Å². The van der Waals surface area contributed by atoms with Gasteiger partial charge in [-0.1, -0.05) is 0 Å². The predicted octanol–water partition coefficient (Wildman–Crippen LogP) is -0.576. The second-order valence-corrected chi connectivity index (χ2v) is 2.44. The van der Waals surface area contributed by atoms with Crippen LogP contribution in [0.5, 0.6) is 0 Å². The van der Waals surface area contributed by atoms with Crippen molar-refractivity contribution in [2.24, 2.45) is 0 Å². The van der Waals surface area contributed by atoms with Crippen LogP contribution in [0.1, 0.15) is 0 Å². The second-order valence-electron chi connectivity index (χ2n) is 2.44. The SMILES string of the molecule is O=C1NCCN/C1=C/C(=O)C(F)F. The van der Waals surface area contributed by atoms with Gasteiger partial charge >= 0.3 is 0 Å². The molecule has 0 spiro atoms. The molecule has 1 fully saturated rings. The molecule has 0 atom stereocenters. The van der Waals surface area contributed by atoms with Gasteiger partial charge in [-0.25, -0.2) is 8.78 Å². The lowest BCUT2D eigenvalue weighted by molar-refractivity contribution is -0.125. The summed E-state index contributed by atoms with van der Waals surface area (Å²) in [5, 5.41) is 4.96. The van der Waals surface area contributed by atoms with Gasteiger partial charge in [-0.05, 0) is 0 Å². The van der Waals surface area contributed by atoms with Crippen LogP contribution < -0.4 is 10.6 Å². The largest absolute Gasteiger partial charge is 0.379 e. The van der Waals surface area contributed by atoms with Crippen molar-refractivity contribution in [2.75, 3.05) is 13.1 Å². The zero-order valence-electron chi connectivity index (χ0n) is 6.64. The number of carbonyl (C=O) groups excluding carboxylic acids is 2. The minimum absolute atomic E-state index is 0.100. The molecule has 1 aliphatic heterocycles. The highest BCUT2D eigenvalue weighted by molar-refractivity contribution is 6.02. The molecule has 0 unspecified atom stereocenters. The van der Waals surface area contributed by atoms with Crippen LogP contribution in [0.3, 0.4) is 0 Å². The number of amides is 1. The number of nitrogens with one attached hydrogen (secondary N) is 2. The molecule has 0 aromatic carbocycles. The fraction of sp³-hybridized carbons (Fsp3) is 0.429. The number of carbonyl (C=O) groups is 2. The zero-order valence-corrected chi connectivity index (χ0v) is 6.64. The molecule has 2 N–H and O–H groups in total. The first-order valence-corrected chi connectivity index (χ1v) is 3.67. The third-order valence-electron chi connectivity index (χ3n) is 1.47. The average molecular weight is 190 g/mol. The monoisotopic (exact) mass is 190 g/mol. The van der Waals surface area contributed by atoms with Crippen molar-refractivity contribution in [1.82, 2.24) is 10.6 Å². The van der Waals surface area contributed by atoms with Crippen molar-refractivity contribution in [3.05, 3.63) is 11.8 Å². The number of hydrogen-bond donors (Lipinski definition) is 2. The summed E-state index contributed by atoms with van der Waals surface area (Å²) < 4.78 is 23.5. The van der Waals surface area contributed by atoms with E-state index < -0.39 is 18.1 Å². The zero-order chi connectivity index (χ0) is 9.84. The lowest BCUT2D eigenvalue weighted by Gasteiger charge is -2.16. The molecule has 0 aromatic rings. The summed E-state index contributed by atoms with van der Waals surface area (Å²) in [7, 11) is 0. The predicted molar refractivity (Wildman–Crippen MR) is 40.1 cm³/mol. The van der Waals surface area contributed by atoms with Gasteiger partial charge in [0.1, 0.15) is 5.70 Å². The van der Waals surface area contributed by atoms with Crippen molar-refractivity contribution in [3.63, 3.8) is 0 Å². The standard InChI is InChI=1S/C7H8F2N2O2/c8-6(9)5(12)3-4-7(13)11-2-1-10-4/h3,6,10H,1-2H2,(H,11,13)/b4-3+. The van der Waals surface area contributed by atoms with E-state index in [4.69, 9.17) is 0 Å². The first-order chi connectivity index (χ1) is 6.11. The van der Waals surface area contributed by atoms with Crippen molar-refractivity contribution >= 4 is 11.7 Å². The summed E-state index contributed by atoms with van der Waals surface area (Å²) in [5.41, 5.74) is -0.100. The molecule has 4 nitrogen and oxygen atoms in total. The molecule has 0 bridgehead atoms. The highest BCUT2D eigenvalue weighted by Crippen LogP contribution is 2.00. The van der Waals surface area contributed by atoms with Crippen LogP contribution in [0, 0.1) is 0 Å². The number of hydrogen-bond acceptors (Lipinski definition) is 3. The number of ketones is 1. The lowest BCUT2D eigenvalue weighted by atomic mass is 10.2. The van der Waals surface area contributed by atoms with Gasteiger partial charge in [0.15, 0.2) is 0 Å². The summed E-state index contributed by atoms with van der Waals surface area (Å²) in [6, 6.07) is 0. The Morgan fingerprint density at radius 1 is 1.38 bits per heavy atom. The lowest BCUT2D eigenvalue weighted by Crippen LogP contribution is -2.43. The Bertz CT molecular complexity index is 263. The highest BCUT2D eigenvalue weighted by Gasteiger charge is 2.18. The Hall–Kier alpha value is -1.46. The van der Waals surface area contributed by atoms with E-state index in [0.29, 0.717) is 19.2 Å². The molecule has 1 aliphatic rings. The van der Waals surface area contributed by atoms with Crippen LogP contribution in [-0.4, -0.2) is 31.2 Å². The molecule has 1 saturated heterocycles. The Labute approximate surface area is 73.0 Å². The van der Waals surface area contributed by atoms with E-state index in [1.165, 1.54) is 0 Å². The van der Waals surface area contributed by atoms with Crippen molar-refractivity contribution in [3.8, 4) is 0 Å². The summed E-state index contributed by atoms with van der Waals surface area (Å²) in [6.45, 7) is 0.868. The van der Waals surface area contributed by atoms with Gasteiger partial charge < -0.3 is 10.6 Å². The summed E-state index contributed by atoms with van der Waals surface area (Å²) in [4.78, 5) is 21.4. The molecule has 0 aromatic heterocycles. The Balaban J connectivity index is 2.68. The van der Waals surface area contributed by atoms with Crippen LogP contribution in [0.15, 0.2) is 11.8 Å². The molecular formula is C7H8F2N2O2. The first-order valence-electron chi connectivity index (χ1n) is 3.67. The number of rotatable bonds is 2. The average Bonchev–Trinajstić information content (AvgIpc) is 2.08. The van der Waals surface area contributed by atoms with Gasteiger partial charge in [-0.3, -0.25) is 9.59 Å². The maximum Gasteiger partial charge on any atom is 0.299 e. The molecule has 1 amide bonds. The number of allylic oxidation sites excluding steroid dienone is 1. The van der Waals surface area contributed by atoms with E-state index >= 15 is 0 Å². The van der Waals surface area contributed by atoms with Crippen LogP contribution in [-0.2, 0) is 9.59 Å². The van der Waals surface area contributed by atoms with E-state index in [2.05, 4.69) is 10.6 Å². The maximum atomic E-state index is 11.8. The van der Waals surface area contributed by atoms with Crippen LogP contribution in [0.2, 0.25) is 0 Å². The Kier molecular flexibility index (Phi) is 2.94. The van der Waals surface area contributed by atoms with E-state index in [1.807, 2.05) is 0 Å². The topological polar surface area (TPSA) is 58.2 Å². The molecular weight excluding hydrogens is 182 g/mol. The fourth-order valence-corrected chi connectivity index (χ4v) is 0.871. The quantitative estimate of drug-likeness (QED) is 0.573. The highest BCUT2D eigenvalue weighted by atomic mass is 19.3. The van der Waals surface area contributed by atoms with Gasteiger partial charge in [-0.2, -0.15) is 0 Å². The normalized spacial score (nSPS) is 19.9. The number of piperazine rings is 1. The van der Waals surface area contributed by atoms with Crippen molar-refractivity contribution in [1.29, 1.82) is 0 Å². The van der Waals surface area contributed by atoms with Gasteiger partial charge in [0.2, 0.25) is 5.78 Å². The van der Waals surface area contributed by atoms with Gasteiger partial charge in [0.25, 0.3) is 12.3 Å². The minimum Gasteiger partial charge on any atom is -0.379 e. The van der Waals surface area contributed by atoms with E-state index in [0.717, 1.165) is 0 Å². The van der Waals surface area contributed by atoms with E-state index in [9.17, 15) is 18.4 Å².